The lowest BCUT2D eigenvalue weighted by Crippen LogP contribution is -2.32. The molecule has 0 heterocycles. The van der Waals surface area contributed by atoms with Crippen molar-refractivity contribution in [2.24, 2.45) is 17.3 Å². The van der Waals surface area contributed by atoms with E-state index in [2.05, 4.69) is 4.74 Å². The van der Waals surface area contributed by atoms with Gasteiger partial charge in [-0.2, -0.15) is 0 Å². The molecule has 0 aromatic carbocycles. The van der Waals surface area contributed by atoms with Crippen LogP contribution in [0.25, 0.3) is 0 Å². The molecule has 1 aliphatic carbocycles. The molecule has 3 atom stereocenters. The molecule has 15 heavy (non-hydrogen) atoms. The third-order valence-electron chi connectivity index (χ3n) is 2.91. The van der Waals surface area contributed by atoms with Crippen LogP contribution in [0, 0.1) is 17.3 Å². The van der Waals surface area contributed by atoms with Crippen LogP contribution in [0.5, 0.6) is 0 Å². The summed E-state index contributed by atoms with van der Waals surface area (Å²) in [4.78, 5) is 22.2. The van der Waals surface area contributed by atoms with Crippen molar-refractivity contribution >= 4 is 11.9 Å². The molecule has 1 rings (SSSR count). The van der Waals surface area contributed by atoms with Gasteiger partial charge in [-0.1, -0.05) is 6.92 Å². The Morgan fingerprint density at radius 1 is 1.53 bits per heavy atom. The molecule has 0 radical (unpaired) electrons. The van der Waals surface area contributed by atoms with Gasteiger partial charge in [0.05, 0.1) is 12.5 Å². The molecule has 6 heteroatoms. The topological polar surface area (TPSA) is 63.6 Å². The lowest BCUT2D eigenvalue weighted by molar-refractivity contribution is -0.163. The van der Waals surface area contributed by atoms with Gasteiger partial charge in [0.2, 0.25) is 6.43 Å². The van der Waals surface area contributed by atoms with Crippen LogP contribution in [-0.2, 0) is 14.3 Å². The quantitative estimate of drug-likeness (QED) is 0.572. The highest BCUT2D eigenvalue weighted by atomic mass is 19.3. The predicted octanol–water partition coefficient (Wildman–Crippen LogP) is 1.15. The fraction of sp³-hybridized carbons (Fsp3) is 0.778. The van der Waals surface area contributed by atoms with Crippen LogP contribution >= 0.6 is 0 Å². The zero-order chi connectivity index (χ0) is 11.8. The Morgan fingerprint density at radius 2 is 2.07 bits per heavy atom. The van der Waals surface area contributed by atoms with Gasteiger partial charge in [0.25, 0.3) is 0 Å². The summed E-state index contributed by atoms with van der Waals surface area (Å²) >= 11 is 0. The molecule has 1 fully saturated rings. The van der Waals surface area contributed by atoms with Gasteiger partial charge in [-0.15, -0.1) is 0 Å². The Hall–Kier alpha value is -1.20. The lowest BCUT2D eigenvalue weighted by Gasteiger charge is -2.10. The maximum atomic E-state index is 12.5. The number of carbonyl (C=O) groups excluding carboxylic acids is 1. The smallest absolute Gasteiger partial charge is 0.324 e. The fourth-order valence-corrected chi connectivity index (χ4v) is 2.01. The minimum Gasteiger partial charge on any atom is -0.480 e. The Labute approximate surface area is 85.2 Å². The first-order chi connectivity index (χ1) is 6.90. The van der Waals surface area contributed by atoms with Crippen LogP contribution in [0.1, 0.15) is 13.8 Å². The number of ether oxygens (including phenoxy) is 1. The molecule has 0 aromatic rings. The van der Waals surface area contributed by atoms with Gasteiger partial charge in [0.1, 0.15) is 0 Å². The zero-order valence-electron chi connectivity index (χ0n) is 8.37. The number of alkyl halides is 2. The number of halogens is 2. The van der Waals surface area contributed by atoms with E-state index >= 15 is 0 Å². The normalized spacial score (nSPS) is 33.9. The van der Waals surface area contributed by atoms with E-state index in [1.165, 1.54) is 13.8 Å². The van der Waals surface area contributed by atoms with Gasteiger partial charge in [0, 0.05) is 0 Å². The number of carbonyl (C=O) groups is 2. The molecule has 86 valence electrons. The number of hydrogen-bond acceptors (Lipinski definition) is 3. The first kappa shape index (κ1) is 11.9. The van der Waals surface area contributed by atoms with E-state index in [0.29, 0.717) is 0 Å². The van der Waals surface area contributed by atoms with Crippen molar-refractivity contribution < 1.29 is 28.2 Å². The maximum Gasteiger partial charge on any atom is 0.324 e. The predicted molar refractivity (Wildman–Crippen MR) is 45.4 cm³/mol. The van der Waals surface area contributed by atoms with Crippen molar-refractivity contribution in [3.63, 3.8) is 0 Å². The fourth-order valence-electron chi connectivity index (χ4n) is 2.01. The van der Waals surface area contributed by atoms with Crippen LogP contribution in [0.15, 0.2) is 0 Å². The molecule has 0 saturated heterocycles. The monoisotopic (exact) mass is 222 g/mol. The minimum absolute atomic E-state index is 0.0173. The van der Waals surface area contributed by atoms with Crippen LogP contribution < -0.4 is 0 Å². The van der Waals surface area contributed by atoms with E-state index in [9.17, 15) is 18.4 Å². The Morgan fingerprint density at radius 3 is 2.33 bits per heavy atom. The van der Waals surface area contributed by atoms with Gasteiger partial charge in [-0.3, -0.25) is 9.59 Å². The summed E-state index contributed by atoms with van der Waals surface area (Å²) < 4.78 is 29.4. The van der Waals surface area contributed by atoms with E-state index in [-0.39, 0.29) is 6.61 Å². The van der Waals surface area contributed by atoms with Gasteiger partial charge in [0.15, 0.2) is 5.41 Å². The van der Waals surface area contributed by atoms with E-state index in [1.807, 2.05) is 0 Å². The van der Waals surface area contributed by atoms with Gasteiger partial charge < -0.3 is 9.84 Å². The summed E-state index contributed by atoms with van der Waals surface area (Å²) in [5.74, 6) is -4.91. The van der Waals surface area contributed by atoms with Crippen molar-refractivity contribution in [3.8, 4) is 0 Å². The largest absolute Gasteiger partial charge is 0.480 e. The van der Waals surface area contributed by atoms with Crippen molar-refractivity contribution in [2.75, 3.05) is 6.61 Å². The summed E-state index contributed by atoms with van der Waals surface area (Å²) in [6.07, 6.45) is -2.82. The van der Waals surface area contributed by atoms with Crippen molar-refractivity contribution in [1.82, 2.24) is 0 Å². The molecule has 1 saturated carbocycles. The SMILES string of the molecule is CCOC(=O)[C@]1(C(=O)O)C(C(F)F)[C@@H]1C. The molecule has 1 unspecified atom stereocenters. The Balaban J connectivity index is 2.94. The average molecular weight is 222 g/mol. The molecule has 1 N–H and O–H groups in total. The molecule has 0 aliphatic heterocycles. The van der Waals surface area contributed by atoms with Gasteiger partial charge in [-0.05, 0) is 12.8 Å². The Kier molecular flexibility index (Phi) is 2.97. The third kappa shape index (κ3) is 1.48. The van der Waals surface area contributed by atoms with Crippen LogP contribution in [-0.4, -0.2) is 30.1 Å². The number of esters is 1. The van der Waals surface area contributed by atoms with Crippen LogP contribution in [0.3, 0.4) is 0 Å². The second-order valence-electron chi connectivity index (χ2n) is 3.54. The zero-order valence-corrected chi connectivity index (χ0v) is 8.37. The summed E-state index contributed by atoms with van der Waals surface area (Å²) in [7, 11) is 0. The summed E-state index contributed by atoms with van der Waals surface area (Å²) in [5, 5.41) is 8.86. The molecular formula is C9H12F2O4. The highest BCUT2D eigenvalue weighted by molar-refractivity contribution is 6.03. The summed E-state index contributed by atoms with van der Waals surface area (Å²) in [5.41, 5.74) is -2.04. The van der Waals surface area contributed by atoms with Gasteiger partial charge >= 0.3 is 11.9 Å². The molecular weight excluding hydrogens is 210 g/mol. The van der Waals surface area contributed by atoms with E-state index in [0.717, 1.165) is 0 Å². The third-order valence-corrected chi connectivity index (χ3v) is 2.91. The molecule has 0 aromatic heterocycles. The standard InChI is InChI=1S/C9H12F2O4/c1-3-15-8(14)9(7(12)13)4(2)5(9)6(10)11/h4-6H,3H2,1-2H3,(H,12,13)/t4-,5?,9-/m0/s1. The van der Waals surface area contributed by atoms with Gasteiger partial charge in [-0.25, -0.2) is 8.78 Å². The molecule has 0 bridgehead atoms. The summed E-state index contributed by atoms with van der Waals surface area (Å²) in [6.45, 7) is 2.80. The number of rotatable bonds is 4. The lowest BCUT2D eigenvalue weighted by atomic mass is 10.0. The van der Waals surface area contributed by atoms with Crippen molar-refractivity contribution in [1.29, 1.82) is 0 Å². The number of hydrogen-bond donors (Lipinski definition) is 1. The number of aliphatic carboxylic acids is 1. The molecule has 1 aliphatic rings. The summed E-state index contributed by atoms with van der Waals surface area (Å²) in [6, 6.07) is 0. The minimum atomic E-state index is -2.82. The van der Waals surface area contributed by atoms with E-state index in [1.54, 1.807) is 0 Å². The maximum absolute atomic E-state index is 12.5. The first-order valence-electron chi connectivity index (χ1n) is 4.59. The van der Waals surface area contributed by atoms with Crippen molar-refractivity contribution in [2.45, 2.75) is 20.3 Å². The molecule has 4 nitrogen and oxygen atoms in total. The van der Waals surface area contributed by atoms with Crippen LogP contribution in [0.4, 0.5) is 8.78 Å². The highest BCUT2D eigenvalue weighted by Crippen LogP contribution is 2.62. The first-order valence-corrected chi connectivity index (χ1v) is 4.59. The second kappa shape index (κ2) is 3.75. The second-order valence-corrected chi connectivity index (χ2v) is 3.54. The van der Waals surface area contributed by atoms with Crippen LogP contribution in [0.2, 0.25) is 0 Å². The average Bonchev–Trinajstić information content (AvgIpc) is 2.73. The Bertz CT molecular complexity index is 292. The molecule has 0 amide bonds. The number of carboxylic acids is 1. The van der Waals surface area contributed by atoms with E-state index < -0.39 is 35.6 Å². The van der Waals surface area contributed by atoms with Crippen molar-refractivity contribution in [3.05, 3.63) is 0 Å². The van der Waals surface area contributed by atoms with E-state index in [4.69, 9.17) is 5.11 Å². The number of carboxylic acid groups (broad SMARTS) is 1. The molecule has 0 spiro atoms. The highest BCUT2D eigenvalue weighted by Gasteiger charge is 2.77.